The maximum Gasteiger partial charge on any atom is 0.313 e. The van der Waals surface area contributed by atoms with E-state index < -0.39 is 11.0 Å². The van der Waals surface area contributed by atoms with Gasteiger partial charge < -0.3 is 10.5 Å². The van der Waals surface area contributed by atoms with Crippen LogP contribution in [0.25, 0.3) is 0 Å². The summed E-state index contributed by atoms with van der Waals surface area (Å²) in [6.45, 7) is 3.63. The number of benzene rings is 1. The van der Waals surface area contributed by atoms with Gasteiger partial charge in [0.25, 0.3) is 0 Å². The molecule has 5 heteroatoms. The highest BCUT2D eigenvalue weighted by Crippen LogP contribution is 2.44. The van der Waals surface area contributed by atoms with Crippen LogP contribution in [0.2, 0.25) is 0 Å². The molecule has 2 N–H and O–H groups in total. The van der Waals surface area contributed by atoms with E-state index in [9.17, 15) is 14.4 Å². The summed E-state index contributed by atoms with van der Waals surface area (Å²) in [5.41, 5.74) is 6.07. The van der Waals surface area contributed by atoms with Crippen molar-refractivity contribution in [3.63, 3.8) is 0 Å². The number of carbonyl (C=O) groups excluding carboxylic acids is 3. The van der Waals surface area contributed by atoms with Gasteiger partial charge in [0, 0.05) is 6.42 Å². The molecular weight excluding hydrogens is 342 g/mol. The fraction of sp³-hybridized carbons (Fsp3) is 0.591. The summed E-state index contributed by atoms with van der Waals surface area (Å²) in [7, 11) is 0. The highest BCUT2D eigenvalue weighted by Gasteiger charge is 2.47. The Labute approximate surface area is 160 Å². The molecule has 2 aliphatic rings. The first-order chi connectivity index (χ1) is 12.7. The second-order valence-corrected chi connectivity index (χ2v) is 8.60. The van der Waals surface area contributed by atoms with Crippen LogP contribution in [0.5, 0.6) is 0 Å². The molecule has 5 nitrogen and oxygen atoms in total. The Hall–Kier alpha value is -2.17. The molecule has 27 heavy (non-hydrogen) atoms. The number of amides is 1. The molecule has 1 aliphatic heterocycles. The number of ketones is 1. The molecule has 0 aromatic heterocycles. The lowest BCUT2D eigenvalue weighted by atomic mass is 9.75. The zero-order chi connectivity index (χ0) is 19.7. The van der Waals surface area contributed by atoms with Crippen LogP contribution in [0.4, 0.5) is 0 Å². The molecule has 1 heterocycles. The number of primary amides is 1. The third kappa shape index (κ3) is 4.07. The van der Waals surface area contributed by atoms with E-state index in [4.69, 9.17) is 10.5 Å². The Morgan fingerprint density at radius 2 is 1.96 bits per heavy atom. The van der Waals surface area contributed by atoms with Gasteiger partial charge >= 0.3 is 5.97 Å². The van der Waals surface area contributed by atoms with Crippen LogP contribution >= 0.6 is 0 Å². The maximum absolute atomic E-state index is 12.2. The predicted octanol–water partition coefficient (Wildman–Crippen LogP) is 3.22. The van der Waals surface area contributed by atoms with Crippen molar-refractivity contribution in [1.82, 2.24) is 0 Å². The van der Waals surface area contributed by atoms with Crippen molar-refractivity contribution in [2.24, 2.45) is 11.7 Å². The highest BCUT2D eigenvalue weighted by atomic mass is 16.6. The quantitative estimate of drug-likeness (QED) is 0.614. The van der Waals surface area contributed by atoms with Crippen molar-refractivity contribution in [2.45, 2.75) is 76.2 Å². The third-order valence-electron chi connectivity index (χ3n) is 6.36. The standard InChI is InChI=1S/C22H29NO4/c1-21(2,20(23)26)17-9-5-6-15(12-17)10-11-22(16-7-3-4-8-16)14-18(24)13-19(25)27-22/h5-6,9,12,16H,3-4,7-8,10-11,13-14H2,1-2H3,(H2,23,26). The summed E-state index contributed by atoms with van der Waals surface area (Å²) in [5, 5.41) is 0. The van der Waals surface area contributed by atoms with E-state index in [-0.39, 0.29) is 30.0 Å². The van der Waals surface area contributed by atoms with Crippen LogP contribution in [0.3, 0.4) is 0 Å². The van der Waals surface area contributed by atoms with Crippen molar-refractivity contribution in [2.75, 3.05) is 0 Å². The first kappa shape index (κ1) is 19.6. The number of rotatable bonds is 6. The lowest BCUT2D eigenvalue weighted by Gasteiger charge is -2.41. The van der Waals surface area contributed by atoms with Gasteiger partial charge in [0.05, 0.1) is 5.41 Å². The van der Waals surface area contributed by atoms with Gasteiger partial charge in [-0.1, -0.05) is 37.1 Å². The first-order valence-corrected chi connectivity index (χ1v) is 9.86. The third-order valence-corrected chi connectivity index (χ3v) is 6.36. The molecule has 2 fully saturated rings. The van der Waals surface area contributed by atoms with Crippen LogP contribution in [0, 0.1) is 5.92 Å². The van der Waals surface area contributed by atoms with Gasteiger partial charge in [0.15, 0.2) is 0 Å². The Kier molecular flexibility index (Phi) is 5.41. The zero-order valence-electron chi connectivity index (χ0n) is 16.3. The number of Topliss-reactive ketones (excluding diaryl/α,β-unsaturated/α-hetero) is 1. The van der Waals surface area contributed by atoms with Crippen molar-refractivity contribution >= 4 is 17.7 Å². The van der Waals surface area contributed by atoms with Gasteiger partial charge in [-0.05, 0) is 56.6 Å². The molecule has 0 bridgehead atoms. The molecule has 1 aliphatic carbocycles. The minimum absolute atomic E-state index is 0.0123. The largest absolute Gasteiger partial charge is 0.458 e. The van der Waals surface area contributed by atoms with Gasteiger partial charge in [0.1, 0.15) is 17.8 Å². The number of nitrogens with two attached hydrogens (primary N) is 1. The van der Waals surface area contributed by atoms with Crippen molar-refractivity contribution < 1.29 is 19.1 Å². The highest BCUT2D eigenvalue weighted by molar-refractivity contribution is 5.98. The number of carbonyl (C=O) groups is 3. The van der Waals surface area contributed by atoms with Gasteiger partial charge in [-0.3, -0.25) is 14.4 Å². The molecule has 0 radical (unpaired) electrons. The molecule has 1 aromatic rings. The zero-order valence-corrected chi connectivity index (χ0v) is 16.3. The maximum atomic E-state index is 12.2. The average molecular weight is 371 g/mol. The summed E-state index contributed by atoms with van der Waals surface area (Å²) >= 11 is 0. The number of hydrogen-bond donors (Lipinski definition) is 1. The lowest BCUT2D eigenvalue weighted by molar-refractivity contribution is -0.178. The van der Waals surface area contributed by atoms with Crippen LogP contribution in [-0.4, -0.2) is 23.3 Å². The molecule has 1 saturated heterocycles. The number of ether oxygens (including phenoxy) is 1. The Morgan fingerprint density at radius 3 is 2.59 bits per heavy atom. The fourth-order valence-corrected chi connectivity index (χ4v) is 4.49. The van der Waals surface area contributed by atoms with Crippen molar-refractivity contribution in [3.8, 4) is 0 Å². The molecule has 1 aromatic carbocycles. The molecule has 1 unspecified atom stereocenters. The summed E-state index contributed by atoms with van der Waals surface area (Å²) in [5.74, 6) is -0.506. The number of aryl methyl sites for hydroxylation is 1. The summed E-state index contributed by atoms with van der Waals surface area (Å²) in [6, 6.07) is 7.84. The van der Waals surface area contributed by atoms with Gasteiger partial charge in [-0.25, -0.2) is 0 Å². The number of cyclic esters (lactones) is 1. The van der Waals surface area contributed by atoms with Crippen LogP contribution in [-0.2, 0) is 31.0 Å². The number of hydrogen-bond acceptors (Lipinski definition) is 4. The monoisotopic (exact) mass is 371 g/mol. The summed E-state index contributed by atoms with van der Waals surface area (Å²) in [4.78, 5) is 36.0. The van der Waals surface area contributed by atoms with Crippen molar-refractivity contribution in [1.29, 1.82) is 0 Å². The van der Waals surface area contributed by atoms with Crippen LogP contribution in [0.15, 0.2) is 24.3 Å². The topological polar surface area (TPSA) is 86.5 Å². The van der Waals surface area contributed by atoms with Gasteiger partial charge in [-0.2, -0.15) is 0 Å². The average Bonchev–Trinajstić information content (AvgIpc) is 3.15. The SMILES string of the molecule is CC(C)(C(N)=O)c1cccc(CCC2(C3CCCC3)CC(=O)CC(=O)O2)c1. The molecule has 3 rings (SSSR count). The minimum Gasteiger partial charge on any atom is -0.458 e. The molecule has 0 spiro atoms. The van der Waals surface area contributed by atoms with Gasteiger partial charge in [-0.15, -0.1) is 0 Å². The van der Waals surface area contributed by atoms with E-state index in [1.807, 2.05) is 38.1 Å². The minimum atomic E-state index is -0.744. The van der Waals surface area contributed by atoms with Crippen molar-refractivity contribution in [3.05, 3.63) is 35.4 Å². The van der Waals surface area contributed by atoms with E-state index in [2.05, 4.69) is 0 Å². The normalized spacial score (nSPS) is 24.1. The summed E-state index contributed by atoms with van der Waals surface area (Å²) < 4.78 is 5.85. The van der Waals surface area contributed by atoms with E-state index in [1.165, 1.54) is 0 Å². The first-order valence-electron chi connectivity index (χ1n) is 9.86. The Morgan fingerprint density at radius 1 is 1.26 bits per heavy atom. The van der Waals surface area contributed by atoms with Gasteiger partial charge in [0.2, 0.25) is 5.91 Å². The summed E-state index contributed by atoms with van der Waals surface area (Å²) in [6.07, 6.45) is 5.83. The van der Waals surface area contributed by atoms with Crippen LogP contribution in [0.1, 0.15) is 69.9 Å². The van der Waals surface area contributed by atoms with E-state index in [0.717, 1.165) is 36.8 Å². The molecular formula is C22H29NO4. The van der Waals surface area contributed by atoms with E-state index >= 15 is 0 Å². The second kappa shape index (κ2) is 7.45. The Bertz CT molecular complexity index is 730. The molecule has 1 atom stereocenters. The number of esters is 1. The Balaban J connectivity index is 1.81. The fourth-order valence-electron chi connectivity index (χ4n) is 4.49. The van der Waals surface area contributed by atoms with E-state index in [1.54, 1.807) is 0 Å². The van der Waals surface area contributed by atoms with Crippen LogP contribution < -0.4 is 5.73 Å². The molecule has 1 saturated carbocycles. The smallest absolute Gasteiger partial charge is 0.313 e. The molecule has 146 valence electrons. The lowest BCUT2D eigenvalue weighted by Crippen LogP contribution is -2.48. The predicted molar refractivity (Wildman–Crippen MR) is 102 cm³/mol. The second-order valence-electron chi connectivity index (χ2n) is 8.60. The van der Waals surface area contributed by atoms with E-state index in [0.29, 0.717) is 19.3 Å². The molecule has 1 amide bonds.